The monoisotopic (exact) mass is 311 g/mol. The Morgan fingerprint density at radius 2 is 1.57 bits per heavy atom. The smallest absolute Gasteiger partial charge is 0.207 e. The average Bonchev–Trinajstić information content (AvgIpc) is 2.46. The zero-order valence-electron chi connectivity index (χ0n) is 11.6. The molecule has 0 bridgehead atoms. The van der Waals surface area contributed by atoms with Gasteiger partial charge in [0.25, 0.3) is 0 Å². The zero-order valence-corrected chi connectivity index (χ0v) is 12.4. The third-order valence-electron chi connectivity index (χ3n) is 3.39. The second-order valence-corrected chi connectivity index (χ2v) is 6.67. The molecule has 0 heterocycles. The molecule has 2 aromatic carbocycles. The number of benzene rings is 2. The van der Waals surface area contributed by atoms with Gasteiger partial charge in [-0.1, -0.05) is 18.2 Å². The van der Waals surface area contributed by atoms with Crippen LogP contribution in [0.1, 0.15) is 18.5 Å². The third kappa shape index (κ3) is 3.11. The third-order valence-corrected chi connectivity index (χ3v) is 5.33. The predicted octanol–water partition coefficient (Wildman–Crippen LogP) is 3.35. The molecule has 0 N–H and O–H groups in total. The topological polar surface area (TPSA) is 37.4 Å². The second-order valence-electron chi connectivity index (χ2n) is 4.67. The summed E-state index contributed by atoms with van der Waals surface area (Å²) < 4.78 is 52.6. The van der Waals surface area contributed by atoms with E-state index in [1.807, 2.05) is 0 Å². The highest BCUT2D eigenvalue weighted by atomic mass is 32.2. The van der Waals surface area contributed by atoms with E-state index >= 15 is 0 Å². The van der Waals surface area contributed by atoms with Crippen molar-refractivity contribution in [3.63, 3.8) is 0 Å². The molecule has 2 rings (SSSR count). The van der Waals surface area contributed by atoms with Crippen LogP contribution in [0.25, 0.3) is 0 Å². The van der Waals surface area contributed by atoms with Crippen LogP contribution in [0.4, 0.5) is 8.78 Å². The van der Waals surface area contributed by atoms with Crippen LogP contribution in [0.3, 0.4) is 0 Å². The van der Waals surface area contributed by atoms with Crippen molar-refractivity contribution in [1.82, 2.24) is 4.31 Å². The molecule has 0 spiro atoms. The summed E-state index contributed by atoms with van der Waals surface area (Å²) in [6.07, 6.45) is 0. The van der Waals surface area contributed by atoms with Crippen LogP contribution in [0.15, 0.2) is 53.4 Å². The van der Waals surface area contributed by atoms with Crippen molar-refractivity contribution in [2.75, 3.05) is 7.05 Å². The summed E-state index contributed by atoms with van der Waals surface area (Å²) in [6.45, 7) is 1.60. The van der Waals surface area contributed by atoms with Gasteiger partial charge in [-0.15, -0.1) is 0 Å². The second kappa shape index (κ2) is 5.91. The standard InChI is InChI=1S/C15H15F2NO2S/c1-11(14-5-3-4-6-15(14)17)18(2)21(19,20)13-9-7-12(16)8-10-13/h3-11H,1-2H3. The van der Waals surface area contributed by atoms with E-state index in [0.29, 0.717) is 0 Å². The summed E-state index contributed by atoms with van der Waals surface area (Å²) in [5.74, 6) is -0.982. The van der Waals surface area contributed by atoms with Gasteiger partial charge >= 0.3 is 0 Å². The van der Waals surface area contributed by atoms with Gasteiger partial charge in [-0.2, -0.15) is 4.31 Å². The molecule has 0 radical (unpaired) electrons. The predicted molar refractivity (Wildman–Crippen MR) is 76.2 cm³/mol. The quantitative estimate of drug-likeness (QED) is 0.868. The fourth-order valence-corrected chi connectivity index (χ4v) is 3.33. The van der Waals surface area contributed by atoms with Gasteiger partial charge in [-0.25, -0.2) is 17.2 Å². The fraction of sp³-hybridized carbons (Fsp3) is 0.200. The SMILES string of the molecule is CC(c1ccccc1F)N(C)S(=O)(=O)c1ccc(F)cc1. The highest BCUT2D eigenvalue weighted by Crippen LogP contribution is 2.27. The highest BCUT2D eigenvalue weighted by Gasteiger charge is 2.27. The van der Waals surface area contributed by atoms with E-state index in [1.54, 1.807) is 19.1 Å². The van der Waals surface area contributed by atoms with Gasteiger partial charge in [0.2, 0.25) is 10.0 Å². The van der Waals surface area contributed by atoms with E-state index in [0.717, 1.165) is 16.4 Å². The van der Waals surface area contributed by atoms with Gasteiger partial charge in [0.1, 0.15) is 11.6 Å². The largest absolute Gasteiger partial charge is 0.243 e. The molecule has 0 saturated carbocycles. The Bertz CT molecular complexity index is 730. The first-order valence-corrected chi connectivity index (χ1v) is 7.76. The van der Waals surface area contributed by atoms with E-state index in [-0.39, 0.29) is 10.5 Å². The Morgan fingerprint density at radius 3 is 2.14 bits per heavy atom. The molecule has 0 aliphatic carbocycles. The summed E-state index contributed by atoms with van der Waals surface area (Å²) in [4.78, 5) is -0.0328. The molecule has 1 unspecified atom stereocenters. The molecule has 0 amide bonds. The normalized spacial score (nSPS) is 13.4. The van der Waals surface area contributed by atoms with Gasteiger partial charge < -0.3 is 0 Å². The van der Waals surface area contributed by atoms with Crippen molar-refractivity contribution >= 4 is 10.0 Å². The van der Waals surface area contributed by atoms with E-state index in [9.17, 15) is 17.2 Å². The first-order chi connectivity index (χ1) is 9.84. The van der Waals surface area contributed by atoms with Crippen molar-refractivity contribution < 1.29 is 17.2 Å². The van der Waals surface area contributed by atoms with Gasteiger partial charge in [-0.3, -0.25) is 0 Å². The van der Waals surface area contributed by atoms with E-state index in [1.165, 1.54) is 31.3 Å². The van der Waals surface area contributed by atoms with Crippen molar-refractivity contribution in [2.45, 2.75) is 17.9 Å². The van der Waals surface area contributed by atoms with Crippen molar-refractivity contribution in [1.29, 1.82) is 0 Å². The molecule has 3 nitrogen and oxygen atoms in total. The summed E-state index contributed by atoms with van der Waals surface area (Å²) in [5, 5.41) is 0. The van der Waals surface area contributed by atoms with Gasteiger partial charge in [-0.05, 0) is 37.3 Å². The number of rotatable bonds is 4. The van der Waals surface area contributed by atoms with Crippen LogP contribution >= 0.6 is 0 Å². The number of halogens is 2. The number of hydrogen-bond donors (Lipinski definition) is 0. The summed E-state index contributed by atoms with van der Waals surface area (Å²) in [7, 11) is -2.45. The molecule has 0 aromatic heterocycles. The highest BCUT2D eigenvalue weighted by molar-refractivity contribution is 7.89. The first-order valence-electron chi connectivity index (χ1n) is 6.32. The molecule has 2 aromatic rings. The fourth-order valence-electron chi connectivity index (χ4n) is 1.99. The van der Waals surface area contributed by atoms with Crippen LogP contribution in [0, 0.1) is 11.6 Å². The van der Waals surface area contributed by atoms with Crippen LogP contribution in [0.5, 0.6) is 0 Å². The van der Waals surface area contributed by atoms with E-state index < -0.39 is 27.7 Å². The molecular weight excluding hydrogens is 296 g/mol. The number of sulfonamides is 1. The minimum Gasteiger partial charge on any atom is -0.207 e. The molecule has 0 aliphatic rings. The van der Waals surface area contributed by atoms with Gasteiger partial charge in [0.05, 0.1) is 4.90 Å². The van der Waals surface area contributed by atoms with Crippen LogP contribution in [0.2, 0.25) is 0 Å². The lowest BCUT2D eigenvalue weighted by Crippen LogP contribution is -2.30. The maximum absolute atomic E-state index is 13.8. The molecule has 1 atom stereocenters. The molecule has 0 saturated heterocycles. The van der Waals surface area contributed by atoms with Gasteiger partial charge in [0, 0.05) is 18.7 Å². The van der Waals surface area contributed by atoms with Crippen LogP contribution in [-0.4, -0.2) is 19.8 Å². The maximum atomic E-state index is 13.8. The summed E-state index contributed by atoms with van der Waals surface area (Å²) in [6, 6.07) is 9.86. The van der Waals surface area contributed by atoms with Crippen LogP contribution in [-0.2, 0) is 10.0 Å². The Hall–Kier alpha value is -1.79. The first kappa shape index (κ1) is 15.6. The summed E-state index contributed by atoms with van der Waals surface area (Å²) in [5.41, 5.74) is 0.283. The maximum Gasteiger partial charge on any atom is 0.243 e. The van der Waals surface area contributed by atoms with Crippen molar-refractivity contribution in [2.24, 2.45) is 0 Å². The van der Waals surface area contributed by atoms with Crippen molar-refractivity contribution in [3.05, 3.63) is 65.7 Å². The zero-order chi connectivity index (χ0) is 15.6. The Balaban J connectivity index is 2.36. The van der Waals surface area contributed by atoms with Gasteiger partial charge in [0.15, 0.2) is 0 Å². The van der Waals surface area contributed by atoms with E-state index in [2.05, 4.69) is 0 Å². The molecule has 0 aliphatic heterocycles. The Morgan fingerprint density at radius 1 is 1.00 bits per heavy atom. The molecule has 6 heteroatoms. The lowest BCUT2D eigenvalue weighted by Gasteiger charge is -2.25. The average molecular weight is 311 g/mol. The number of nitrogens with zero attached hydrogens (tertiary/aromatic N) is 1. The van der Waals surface area contributed by atoms with Crippen molar-refractivity contribution in [3.8, 4) is 0 Å². The minimum absolute atomic E-state index is 0.0328. The molecule has 0 fully saturated rings. The lowest BCUT2D eigenvalue weighted by molar-refractivity contribution is 0.387. The molecule has 21 heavy (non-hydrogen) atoms. The minimum atomic E-state index is -3.82. The Kier molecular flexibility index (Phi) is 4.39. The number of hydrogen-bond acceptors (Lipinski definition) is 2. The summed E-state index contributed by atoms with van der Waals surface area (Å²) >= 11 is 0. The van der Waals surface area contributed by atoms with E-state index in [4.69, 9.17) is 0 Å². The molecular formula is C15H15F2NO2S. The Labute approximate surface area is 122 Å². The van der Waals surface area contributed by atoms with Crippen LogP contribution < -0.4 is 0 Å². The lowest BCUT2D eigenvalue weighted by atomic mass is 10.1. The molecule has 112 valence electrons.